The zero-order chi connectivity index (χ0) is 10.6. The van der Waals surface area contributed by atoms with Crippen LogP contribution in [0, 0.1) is 0 Å². The maximum absolute atomic E-state index is 11.2. The standard InChI is InChI=1S/C10H12ClNO2/c1-12-10(13)6-7-5-8(11)3-4-9(7)14-2/h3-5H,6H2,1-2H3,(H,12,13). The molecule has 1 amide bonds. The fourth-order valence-electron chi connectivity index (χ4n) is 1.15. The van der Waals surface area contributed by atoms with Crippen LogP contribution in [-0.2, 0) is 11.2 Å². The summed E-state index contributed by atoms with van der Waals surface area (Å²) in [6, 6.07) is 5.21. The quantitative estimate of drug-likeness (QED) is 0.829. The average molecular weight is 214 g/mol. The van der Waals surface area contributed by atoms with Crippen molar-refractivity contribution < 1.29 is 9.53 Å². The van der Waals surface area contributed by atoms with Gasteiger partial charge >= 0.3 is 0 Å². The molecule has 0 spiro atoms. The number of ether oxygens (including phenoxy) is 1. The van der Waals surface area contributed by atoms with E-state index < -0.39 is 0 Å². The summed E-state index contributed by atoms with van der Waals surface area (Å²) in [7, 11) is 3.16. The minimum absolute atomic E-state index is 0.0643. The molecule has 0 fully saturated rings. The number of carbonyl (C=O) groups is 1. The molecule has 0 atom stereocenters. The van der Waals surface area contributed by atoms with Gasteiger partial charge in [-0.05, 0) is 18.2 Å². The first kappa shape index (κ1) is 10.9. The van der Waals surface area contributed by atoms with E-state index in [1.807, 2.05) is 0 Å². The minimum atomic E-state index is -0.0643. The van der Waals surface area contributed by atoms with E-state index in [2.05, 4.69) is 5.32 Å². The molecule has 0 heterocycles. The molecule has 0 aliphatic heterocycles. The van der Waals surface area contributed by atoms with Crippen LogP contribution in [0.5, 0.6) is 5.75 Å². The summed E-state index contributed by atoms with van der Waals surface area (Å²) in [5.41, 5.74) is 0.791. The number of methoxy groups -OCH3 is 1. The lowest BCUT2D eigenvalue weighted by molar-refractivity contribution is -0.119. The van der Waals surface area contributed by atoms with Gasteiger partial charge in [0, 0.05) is 17.6 Å². The number of nitrogens with one attached hydrogen (secondary N) is 1. The number of amides is 1. The first-order valence-electron chi connectivity index (χ1n) is 4.20. The normalized spacial score (nSPS) is 9.64. The van der Waals surface area contributed by atoms with Gasteiger partial charge in [-0.25, -0.2) is 0 Å². The van der Waals surface area contributed by atoms with Gasteiger partial charge in [0.2, 0.25) is 5.91 Å². The van der Waals surface area contributed by atoms with Gasteiger partial charge in [0.05, 0.1) is 13.5 Å². The molecule has 0 aromatic heterocycles. The second-order valence-corrected chi connectivity index (χ2v) is 3.24. The van der Waals surface area contributed by atoms with E-state index >= 15 is 0 Å². The van der Waals surface area contributed by atoms with Gasteiger partial charge in [-0.3, -0.25) is 4.79 Å². The predicted octanol–water partition coefficient (Wildman–Crippen LogP) is 1.64. The Hall–Kier alpha value is -1.22. The van der Waals surface area contributed by atoms with Crippen LogP contribution in [0.3, 0.4) is 0 Å². The van der Waals surface area contributed by atoms with Crippen LogP contribution in [0.25, 0.3) is 0 Å². The van der Waals surface area contributed by atoms with Gasteiger partial charge < -0.3 is 10.1 Å². The third kappa shape index (κ3) is 2.64. The summed E-state index contributed by atoms with van der Waals surface area (Å²) in [6.45, 7) is 0. The topological polar surface area (TPSA) is 38.3 Å². The Bertz CT molecular complexity index is 339. The summed E-state index contributed by atoms with van der Waals surface area (Å²) < 4.78 is 5.11. The molecule has 0 unspecified atom stereocenters. The maximum atomic E-state index is 11.2. The second kappa shape index (κ2) is 4.86. The Labute approximate surface area is 88.0 Å². The summed E-state index contributed by atoms with van der Waals surface area (Å²) in [5.74, 6) is 0.614. The number of benzene rings is 1. The lowest BCUT2D eigenvalue weighted by atomic mass is 10.1. The van der Waals surface area contributed by atoms with Crippen molar-refractivity contribution in [1.82, 2.24) is 5.32 Å². The zero-order valence-electron chi connectivity index (χ0n) is 8.13. The first-order chi connectivity index (χ1) is 6.67. The minimum Gasteiger partial charge on any atom is -0.496 e. The highest BCUT2D eigenvalue weighted by Crippen LogP contribution is 2.22. The molecule has 0 saturated carbocycles. The van der Waals surface area contributed by atoms with Crippen molar-refractivity contribution in [2.45, 2.75) is 6.42 Å². The van der Waals surface area contributed by atoms with Gasteiger partial charge in [-0.2, -0.15) is 0 Å². The number of halogens is 1. The molecule has 0 radical (unpaired) electrons. The monoisotopic (exact) mass is 213 g/mol. The molecule has 1 aromatic rings. The fraction of sp³-hybridized carbons (Fsp3) is 0.300. The van der Waals surface area contributed by atoms with Gasteiger partial charge in [0.25, 0.3) is 0 Å². The van der Waals surface area contributed by atoms with Gasteiger partial charge in [0.1, 0.15) is 5.75 Å². The molecular weight excluding hydrogens is 202 g/mol. The molecule has 0 aliphatic rings. The van der Waals surface area contributed by atoms with Gasteiger partial charge in [-0.15, -0.1) is 0 Å². The molecular formula is C10H12ClNO2. The molecule has 76 valence electrons. The van der Waals surface area contributed by atoms with Crippen LogP contribution in [0.1, 0.15) is 5.56 Å². The lowest BCUT2D eigenvalue weighted by Crippen LogP contribution is -2.20. The molecule has 4 heteroatoms. The molecule has 1 rings (SSSR count). The Morgan fingerprint density at radius 1 is 1.57 bits per heavy atom. The Morgan fingerprint density at radius 3 is 2.86 bits per heavy atom. The average Bonchev–Trinajstić information content (AvgIpc) is 2.18. The highest BCUT2D eigenvalue weighted by atomic mass is 35.5. The van der Waals surface area contributed by atoms with E-state index in [4.69, 9.17) is 16.3 Å². The third-order valence-corrected chi connectivity index (χ3v) is 2.11. The van der Waals surface area contributed by atoms with Crippen LogP contribution < -0.4 is 10.1 Å². The van der Waals surface area contributed by atoms with E-state index in [9.17, 15) is 4.79 Å². The predicted molar refractivity (Wildman–Crippen MR) is 55.8 cm³/mol. The zero-order valence-corrected chi connectivity index (χ0v) is 8.89. The number of rotatable bonds is 3. The number of carbonyl (C=O) groups excluding carboxylic acids is 1. The molecule has 0 bridgehead atoms. The highest BCUT2D eigenvalue weighted by Gasteiger charge is 2.07. The van der Waals surface area contributed by atoms with Crippen molar-refractivity contribution in [2.24, 2.45) is 0 Å². The summed E-state index contributed by atoms with van der Waals surface area (Å²) in [4.78, 5) is 11.2. The summed E-state index contributed by atoms with van der Waals surface area (Å²) in [6.07, 6.45) is 0.278. The Morgan fingerprint density at radius 2 is 2.29 bits per heavy atom. The highest BCUT2D eigenvalue weighted by molar-refractivity contribution is 6.30. The van der Waals surface area contributed by atoms with E-state index in [1.54, 1.807) is 32.4 Å². The van der Waals surface area contributed by atoms with Crippen LogP contribution in [-0.4, -0.2) is 20.1 Å². The fourth-order valence-corrected chi connectivity index (χ4v) is 1.34. The van der Waals surface area contributed by atoms with Crippen molar-refractivity contribution in [1.29, 1.82) is 0 Å². The van der Waals surface area contributed by atoms with Crippen LogP contribution >= 0.6 is 11.6 Å². The van der Waals surface area contributed by atoms with E-state index in [0.29, 0.717) is 10.8 Å². The summed E-state index contributed by atoms with van der Waals surface area (Å²) in [5, 5.41) is 3.15. The number of hydrogen-bond donors (Lipinski definition) is 1. The van der Waals surface area contributed by atoms with Crippen molar-refractivity contribution in [3.05, 3.63) is 28.8 Å². The SMILES string of the molecule is CNC(=O)Cc1cc(Cl)ccc1OC. The van der Waals surface area contributed by atoms with Crippen molar-refractivity contribution >= 4 is 17.5 Å². The number of hydrogen-bond acceptors (Lipinski definition) is 2. The second-order valence-electron chi connectivity index (χ2n) is 2.81. The molecule has 1 aromatic carbocycles. The van der Waals surface area contributed by atoms with Crippen molar-refractivity contribution in [3.63, 3.8) is 0 Å². The van der Waals surface area contributed by atoms with Crippen LogP contribution in [0.2, 0.25) is 5.02 Å². The molecule has 3 nitrogen and oxygen atoms in total. The third-order valence-electron chi connectivity index (χ3n) is 1.87. The smallest absolute Gasteiger partial charge is 0.224 e. The van der Waals surface area contributed by atoms with Crippen LogP contribution in [0.4, 0.5) is 0 Å². The van der Waals surface area contributed by atoms with E-state index in [-0.39, 0.29) is 12.3 Å². The maximum Gasteiger partial charge on any atom is 0.224 e. The van der Waals surface area contributed by atoms with Crippen LogP contribution in [0.15, 0.2) is 18.2 Å². The van der Waals surface area contributed by atoms with E-state index in [1.165, 1.54) is 0 Å². The van der Waals surface area contributed by atoms with Gasteiger partial charge in [-0.1, -0.05) is 11.6 Å². The van der Waals surface area contributed by atoms with Crippen molar-refractivity contribution in [3.8, 4) is 5.75 Å². The number of likely N-dealkylation sites (N-methyl/N-ethyl adjacent to an activating group) is 1. The molecule has 1 N–H and O–H groups in total. The van der Waals surface area contributed by atoms with Gasteiger partial charge in [0.15, 0.2) is 0 Å². The lowest BCUT2D eigenvalue weighted by Gasteiger charge is -2.07. The summed E-state index contributed by atoms with van der Waals surface area (Å²) >= 11 is 5.81. The Balaban J connectivity index is 2.93. The molecule has 0 saturated heterocycles. The Kier molecular flexibility index (Phi) is 3.77. The first-order valence-corrected chi connectivity index (χ1v) is 4.58. The molecule has 14 heavy (non-hydrogen) atoms. The molecule has 0 aliphatic carbocycles. The van der Waals surface area contributed by atoms with E-state index in [0.717, 1.165) is 5.56 Å². The largest absolute Gasteiger partial charge is 0.496 e. The van der Waals surface area contributed by atoms with Crippen molar-refractivity contribution in [2.75, 3.05) is 14.2 Å².